The van der Waals surface area contributed by atoms with Crippen molar-refractivity contribution in [2.24, 2.45) is 5.92 Å². The summed E-state index contributed by atoms with van der Waals surface area (Å²) in [6, 6.07) is 0. The van der Waals surface area contributed by atoms with E-state index in [9.17, 15) is 4.79 Å². The summed E-state index contributed by atoms with van der Waals surface area (Å²) in [5.41, 5.74) is 0. The summed E-state index contributed by atoms with van der Waals surface area (Å²) < 4.78 is 5.74. The molecular weight excluding hydrogens is 176 g/mol. The number of ether oxygens (including phenoxy) is 1. The maximum atomic E-state index is 11.1. The van der Waals surface area contributed by atoms with Gasteiger partial charge in [0.15, 0.2) is 0 Å². The van der Waals surface area contributed by atoms with Crippen molar-refractivity contribution in [3.8, 4) is 0 Å². The van der Waals surface area contributed by atoms with E-state index in [-0.39, 0.29) is 0 Å². The molecule has 14 heavy (non-hydrogen) atoms. The van der Waals surface area contributed by atoms with E-state index in [0.717, 1.165) is 38.7 Å². The zero-order valence-electron chi connectivity index (χ0n) is 9.42. The van der Waals surface area contributed by atoms with Gasteiger partial charge in [0.05, 0.1) is 6.10 Å². The van der Waals surface area contributed by atoms with Crippen molar-refractivity contribution in [3.63, 3.8) is 0 Å². The molecule has 82 valence electrons. The van der Waals surface area contributed by atoms with E-state index in [1.165, 1.54) is 6.42 Å². The smallest absolute Gasteiger partial charge is 0.132 e. The maximum absolute atomic E-state index is 11.1. The van der Waals surface area contributed by atoms with Crippen LogP contribution in [-0.2, 0) is 9.53 Å². The molecule has 1 aliphatic carbocycles. The normalized spacial score (nSPS) is 27.6. The van der Waals surface area contributed by atoms with Crippen LogP contribution in [0.15, 0.2) is 0 Å². The van der Waals surface area contributed by atoms with Crippen LogP contribution in [0.25, 0.3) is 0 Å². The van der Waals surface area contributed by atoms with Crippen molar-refractivity contribution >= 4 is 5.78 Å². The third-order valence-corrected chi connectivity index (χ3v) is 3.10. The second kappa shape index (κ2) is 6.18. The van der Waals surface area contributed by atoms with Gasteiger partial charge in [-0.05, 0) is 39.0 Å². The van der Waals surface area contributed by atoms with Crippen LogP contribution in [0.1, 0.15) is 52.4 Å². The molecule has 0 aromatic rings. The fourth-order valence-corrected chi connectivity index (χ4v) is 2.03. The molecule has 0 spiro atoms. The Labute approximate surface area is 87.0 Å². The molecule has 0 N–H and O–H groups in total. The van der Waals surface area contributed by atoms with Crippen molar-refractivity contribution in [3.05, 3.63) is 0 Å². The summed E-state index contributed by atoms with van der Waals surface area (Å²) in [4.78, 5) is 11.1. The Morgan fingerprint density at radius 2 is 1.93 bits per heavy atom. The SMILES string of the molecule is CCCCOC1CCC(C(C)=O)CC1. The Hall–Kier alpha value is -0.370. The highest BCUT2D eigenvalue weighted by Gasteiger charge is 2.23. The molecule has 2 nitrogen and oxygen atoms in total. The molecule has 1 saturated carbocycles. The standard InChI is InChI=1S/C12H22O2/c1-3-4-9-14-12-7-5-11(6-8-12)10(2)13/h11-12H,3-9H2,1-2H3. The lowest BCUT2D eigenvalue weighted by molar-refractivity contribution is -0.122. The first-order valence-corrected chi connectivity index (χ1v) is 5.86. The first kappa shape index (κ1) is 11.7. The molecule has 0 radical (unpaired) electrons. The highest BCUT2D eigenvalue weighted by atomic mass is 16.5. The third kappa shape index (κ3) is 3.79. The lowest BCUT2D eigenvalue weighted by Gasteiger charge is -2.27. The molecule has 0 amide bonds. The van der Waals surface area contributed by atoms with Crippen molar-refractivity contribution < 1.29 is 9.53 Å². The summed E-state index contributed by atoms with van der Waals surface area (Å²) in [6.45, 7) is 4.78. The van der Waals surface area contributed by atoms with Gasteiger partial charge in [0, 0.05) is 12.5 Å². The molecule has 1 aliphatic rings. The maximum Gasteiger partial charge on any atom is 0.132 e. The molecule has 1 rings (SSSR count). The predicted octanol–water partition coefficient (Wildman–Crippen LogP) is 2.95. The molecule has 0 atom stereocenters. The Bertz CT molecular complexity index is 169. The van der Waals surface area contributed by atoms with Crippen molar-refractivity contribution in [2.75, 3.05) is 6.61 Å². The van der Waals surface area contributed by atoms with Gasteiger partial charge in [-0.25, -0.2) is 0 Å². The fourth-order valence-electron chi connectivity index (χ4n) is 2.03. The van der Waals surface area contributed by atoms with Crippen molar-refractivity contribution in [1.29, 1.82) is 0 Å². The molecule has 0 aliphatic heterocycles. The quantitative estimate of drug-likeness (QED) is 0.635. The van der Waals surface area contributed by atoms with E-state index >= 15 is 0 Å². The number of hydrogen-bond donors (Lipinski definition) is 0. The van der Waals surface area contributed by atoms with Crippen LogP contribution in [0.2, 0.25) is 0 Å². The van der Waals surface area contributed by atoms with E-state index < -0.39 is 0 Å². The Morgan fingerprint density at radius 3 is 2.43 bits per heavy atom. The van der Waals surface area contributed by atoms with Crippen LogP contribution in [0.4, 0.5) is 0 Å². The lowest BCUT2D eigenvalue weighted by Crippen LogP contribution is -2.25. The molecule has 0 heterocycles. The number of carbonyl (C=O) groups excluding carboxylic acids is 1. The van der Waals surface area contributed by atoms with Gasteiger partial charge in [0.2, 0.25) is 0 Å². The van der Waals surface area contributed by atoms with Gasteiger partial charge in [-0.1, -0.05) is 13.3 Å². The second-order valence-corrected chi connectivity index (χ2v) is 4.31. The minimum absolute atomic E-state index is 0.320. The molecule has 0 aromatic heterocycles. The van der Waals surface area contributed by atoms with E-state index in [2.05, 4.69) is 6.92 Å². The van der Waals surface area contributed by atoms with Gasteiger partial charge in [-0.2, -0.15) is 0 Å². The second-order valence-electron chi connectivity index (χ2n) is 4.31. The largest absolute Gasteiger partial charge is 0.378 e. The summed E-state index contributed by atoms with van der Waals surface area (Å²) in [6.07, 6.45) is 7.01. The Kier molecular flexibility index (Phi) is 5.16. The molecule has 0 aromatic carbocycles. The highest BCUT2D eigenvalue weighted by molar-refractivity contribution is 5.78. The molecule has 0 saturated heterocycles. The van der Waals surface area contributed by atoms with Crippen LogP contribution in [0.3, 0.4) is 0 Å². The summed E-state index contributed by atoms with van der Waals surface area (Å²) in [5, 5.41) is 0. The Morgan fingerprint density at radius 1 is 1.29 bits per heavy atom. The lowest BCUT2D eigenvalue weighted by atomic mass is 9.85. The van der Waals surface area contributed by atoms with Crippen LogP contribution in [0, 0.1) is 5.92 Å². The molecule has 0 unspecified atom stereocenters. The minimum atomic E-state index is 0.320. The van der Waals surface area contributed by atoms with Gasteiger partial charge in [-0.3, -0.25) is 4.79 Å². The number of hydrogen-bond acceptors (Lipinski definition) is 2. The first-order valence-electron chi connectivity index (χ1n) is 5.86. The van der Waals surface area contributed by atoms with Crippen LogP contribution in [-0.4, -0.2) is 18.5 Å². The van der Waals surface area contributed by atoms with Crippen molar-refractivity contribution in [2.45, 2.75) is 58.5 Å². The Balaban J connectivity index is 2.12. The zero-order chi connectivity index (χ0) is 10.4. The molecule has 1 fully saturated rings. The average Bonchev–Trinajstić information content (AvgIpc) is 2.19. The third-order valence-electron chi connectivity index (χ3n) is 3.10. The predicted molar refractivity (Wildman–Crippen MR) is 57.3 cm³/mol. The van der Waals surface area contributed by atoms with Gasteiger partial charge in [0.25, 0.3) is 0 Å². The fraction of sp³-hybridized carbons (Fsp3) is 0.917. The minimum Gasteiger partial charge on any atom is -0.378 e. The van der Waals surface area contributed by atoms with E-state index in [0.29, 0.717) is 17.8 Å². The van der Waals surface area contributed by atoms with Gasteiger partial charge in [-0.15, -0.1) is 0 Å². The van der Waals surface area contributed by atoms with Crippen LogP contribution >= 0.6 is 0 Å². The van der Waals surface area contributed by atoms with E-state index in [1.54, 1.807) is 6.92 Å². The zero-order valence-corrected chi connectivity index (χ0v) is 9.42. The van der Waals surface area contributed by atoms with E-state index in [1.807, 2.05) is 0 Å². The van der Waals surface area contributed by atoms with Crippen molar-refractivity contribution in [1.82, 2.24) is 0 Å². The average molecular weight is 198 g/mol. The molecule has 0 bridgehead atoms. The number of Topliss-reactive ketones (excluding diaryl/α,β-unsaturated/α-hetero) is 1. The summed E-state index contributed by atoms with van der Waals surface area (Å²) >= 11 is 0. The highest BCUT2D eigenvalue weighted by Crippen LogP contribution is 2.26. The van der Waals surface area contributed by atoms with Crippen LogP contribution in [0.5, 0.6) is 0 Å². The number of rotatable bonds is 5. The van der Waals surface area contributed by atoms with Crippen LogP contribution < -0.4 is 0 Å². The molecule has 2 heteroatoms. The molecular formula is C12H22O2. The summed E-state index contributed by atoms with van der Waals surface area (Å²) in [7, 11) is 0. The first-order chi connectivity index (χ1) is 6.74. The summed E-state index contributed by atoms with van der Waals surface area (Å²) in [5.74, 6) is 0.679. The van der Waals surface area contributed by atoms with Gasteiger partial charge in [0.1, 0.15) is 5.78 Å². The topological polar surface area (TPSA) is 26.3 Å². The number of ketones is 1. The monoisotopic (exact) mass is 198 g/mol. The van der Waals surface area contributed by atoms with E-state index in [4.69, 9.17) is 4.74 Å². The van der Waals surface area contributed by atoms with Gasteiger partial charge < -0.3 is 4.74 Å². The van der Waals surface area contributed by atoms with Gasteiger partial charge >= 0.3 is 0 Å². The number of carbonyl (C=O) groups is 1. The number of unbranched alkanes of at least 4 members (excludes halogenated alkanes) is 1.